The minimum absolute atomic E-state index is 0.129. The highest BCUT2D eigenvalue weighted by Gasteiger charge is 2.25. The average molecular weight is 315 g/mol. The Balaban J connectivity index is 1.83. The van der Waals surface area contributed by atoms with Crippen LogP contribution in [0.2, 0.25) is 0 Å². The van der Waals surface area contributed by atoms with Crippen molar-refractivity contribution < 1.29 is 4.79 Å². The van der Waals surface area contributed by atoms with Crippen molar-refractivity contribution in [3.8, 4) is 0 Å². The van der Waals surface area contributed by atoms with Crippen molar-refractivity contribution in [1.29, 1.82) is 0 Å². The molecule has 0 amide bonds. The van der Waals surface area contributed by atoms with Crippen molar-refractivity contribution in [3.63, 3.8) is 0 Å². The summed E-state index contributed by atoms with van der Waals surface area (Å²) in [5, 5.41) is 0. The molecule has 0 aromatic heterocycles. The Labute approximate surface area is 121 Å². The number of aryl methyl sites for hydroxylation is 1. The molecule has 1 aliphatic rings. The lowest BCUT2D eigenvalue weighted by atomic mass is 9.80. The van der Waals surface area contributed by atoms with Gasteiger partial charge in [-0.2, -0.15) is 0 Å². The number of carbonyl (C=O) groups excluding carboxylic acids is 1. The van der Waals surface area contributed by atoms with E-state index in [-0.39, 0.29) is 11.7 Å². The molecule has 0 bridgehead atoms. The molecule has 19 heavy (non-hydrogen) atoms. The van der Waals surface area contributed by atoms with Gasteiger partial charge in [-0.05, 0) is 42.5 Å². The Bertz CT molecular complexity index is 618. The van der Waals surface area contributed by atoms with Crippen molar-refractivity contribution in [2.45, 2.75) is 19.3 Å². The van der Waals surface area contributed by atoms with E-state index in [2.05, 4.69) is 40.2 Å². The molecule has 0 N–H and O–H groups in total. The van der Waals surface area contributed by atoms with Gasteiger partial charge in [0, 0.05) is 16.0 Å². The summed E-state index contributed by atoms with van der Waals surface area (Å²) in [7, 11) is 0. The highest BCUT2D eigenvalue weighted by molar-refractivity contribution is 9.10. The second kappa shape index (κ2) is 5.30. The van der Waals surface area contributed by atoms with Crippen LogP contribution in [0.1, 0.15) is 27.9 Å². The molecule has 1 atom stereocenters. The van der Waals surface area contributed by atoms with Gasteiger partial charge in [0.05, 0.1) is 0 Å². The van der Waals surface area contributed by atoms with Gasteiger partial charge < -0.3 is 0 Å². The largest absolute Gasteiger partial charge is 0.294 e. The zero-order chi connectivity index (χ0) is 13.2. The minimum Gasteiger partial charge on any atom is -0.294 e. The van der Waals surface area contributed by atoms with E-state index >= 15 is 0 Å². The first-order chi connectivity index (χ1) is 9.24. The lowest BCUT2D eigenvalue weighted by Crippen LogP contribution is -2.22. The second-order valence-corrected chi connectivity index (χ2v) is 6.00. The Morgan fingerprint density at radius 3 is 2.63 bits per heavy atom. The zero-order valence-electron chi connectivity index (χ0n) is 10.6. The van der Waals surface area contributed by atoms with Crippen molar-refractivity contribution >= 4 is 21.7 Å². The molecule has 96 valence electrons. The summed E-state index contributed by atoms with van der Waals surface area (Å²) in [5.74, 6) is 0.403. The second-order valence-electron chi connectivity index (χ2n) is 5.08. The number of Topliss-reactive ketones (excluding diaryl/α,β-unsaturated/α-hetero) is 1. The summed E-state index contributed by atoms with van der Waals surface area (Å²) in [6.07, 6.45) is 2.85. The van der Waals surface area contributed by atoms with Crippen LogP contribution >= 0.6 is 15.9 Å². The molecule has 0 aliphatic heterocycles. The van der Waals surface area contributed by atoms with Gasteiger partial charge in [0.15, 0.2) is 5.78 Å². The Morgan fingerprint density at radius 2 is 1.84 bits per heavy atom. The topological polar surface area (TPSA) is 17.1 Å². The van der Waals surface area contributed by atoms with Gasteiger partial charge in [0.1, 0.15) is 0 Å². The van der Waals surface area contributed by atoms with Crippen molar-refractivity contribution in [2.75, 3.05) is 0 Å². The Kier molecular flexibility index (Phi) is 3.52. The third-order valence-electron chi connectivity index (χ3n) is 3.83. The fraction of sp³-hybridized carbons (Fsp3) is 0.235. The average Bonchev–Trinajstić information content (AvgIpc) is 2.46. The summed E-state index contributed by atoms with van der Waals surface area (Å²) in [6, 6.07) is 16.2. The normalized spacial score (nSPS) is 17.8. The van der Waals surface area contributed by atoms with Gasteiger partial charge in [-0.25, -0.2) is 0 Å². The van der Waals surface area contributed by atoms with Gasteiger partial charge >= 0.3 is 0 Å². The highest BCUT2D eigenvalue weighted by atomic mass is 79.9. The molecule has 1 unspecified atom stereocenters. The number of fused-ring (bicyclic) bond motifs is 1. The SMILES string of the molecule is O=C(c1cccc(Br)c1)C1CCc2ccccc2C1. The smallest absolute Gasteiger partial charge is 0.166 e. The quantitative estimate of drug-likeness (QED) is 0.749. The van der Waals surface area contributed by atoms with Gasteiger partial charge in [-0.3, -0.25) is 4.79 Å². The predicted molar refractivity (Wildman–Crippen MR) is 80.4 cm³/mol. The first-order valence-electron chi connectivity index (χ1n) is 6.60. The summed E-state index contributed by atoms with van der Waals surface area (Å²) in [6.45, 7) is 0. The van der Waals surface area contributed by atoms with E-state index in [0.29, 0.717) is 0 Å². The molecule has 0 radical (unpaired) electrons. The number of hydrogen-bond donors (Lipinski definition) is 0. The van der Waals surface area contributed by atoms with Gasteiger partial charge in [-0.15, -0.1) is 0 Å². The van der Waals surface area contributed by atoms with Crippen LogP contribution in [0.5, 0.6) is 0 Å². The lowest BCUT2D eigenvalue weighted by molar-refractivity contribution is 0.0908. The molecule has 3 rings (SSSR count). The van der Waals surface area contributed by atoms with Crippen LogP contribution in [0.25, 0.3) is 0 Å². The number of hydrogen-bond acceptors (Lipinski definition) is 1. The Morgan fingerprint density at radius 1 is 1.05 bits per heavy atom. The van der Waals surface area contributed by atoms with E-state index in [1.165, 1.54) is 11.1 Å². The molecule has 0 heterocycles. The fourth-order valence-electron chi connectivity index (χ4n) is 2.80. The monoisotopic (exact) mass is 314 g/mol. The molecule has 0 saturated heterocycles. The number of benzene rings is 2. The van der Waals surface area contributed by atoms with Gasteiger partial charge in [0.25, 0.3) is 0 Å². The van der Waals surface area contributed by atoms with Crippen LogP contribution in [0.4, 0.5) is 0 Å². The summed E-state index contributed by atoms with van der Waals surface area (Å²) in [4.78, 5) is 12.5. The van der Waals surface area contributed by atoms with E-state index in [1.807, 2.05) is 24.3 Å². The van der Waals surface area contributed by atoms with Crippen molar-refractivity contribution in [2.24, 2.45) is 5.92 Å². The van der Waals surface area contributed by atoms with Crippen LogP contribution in [0, 0.1) is 5.92 Å². The van der Waals surface area contributed by atoms with E-state index < -0.39 is 0 Å². The van der Waals surface area contributed by atoms with E-state index in [1.54, 1.807) is 0 Å². The zero-order valence-corrected chi connectivity index (χ0v) is 12.2. The summed E-state index contributed by atoms with van der Waals surface area (Å²) in [5.41, 5.74) is 3.56. The van der Waals surface area contributed by atoms with Gasteiger partial charge in [0.2, 0.25) is 0 Å². The lowest BCUT2D eigenvalue weighted by Gasteiger charge is -2.23. The fourth-order valence-corrected chi connectivity index (χ4v) is 3.20. The molecular formula is C17H15BrO. The molecule has 0 fully saturated rings. The summed E-state index contributed by atoms with van der Waals surface area (Å²) >= 11 is 3.43. The highest BCUT2D eigenvalue weighted by Crippen LogP contribution is 2.28. The first kappa shape index (κ1) is 12.6. The number of rotatable bonds is 2. The van der Waals surface area contributed by atoms with Crippen LogP contribution < -0.4 is 0 Å². The van der Waals surface area contributed by atoms with Gasteiger partial charge in [-0.1, -0.05) is 52.3 Å². The van der Waals surface area contributed by atoms with Crippen molar-refractivity contribution in [3.05, 3.63) is 69.7 Å². The number of halogens is 1. The molecule has 1 aliphatic carbocycles. The molecule has 2 aromatic rings. The summed E-state index contributed by atoms with van der Waals surface area (Å²) < 4.78 is 0.967. The molecule has 2 aromatic carbocycles. The molecule has 0 spiro atoms. The van der Waals surface area contributed by atoms with Crippen LogP contribution in [0.15, 0.2) is 53.0 Å². The maximum atomic E-state index is 12.5. The third-order valence-corrected chi connectivity index (χ3v) is 4.32. The maximum Gasteiger partial charge on any atom is 0.166 e. The number of ketones is 1. The molecule has 0 saturated carbocycles. The maximum absolute atomic E-state index is 12.5. The first-order valence-corrected chi connectivity index (χ1v) is 7.40. The van der Waals surface area contributed by atoms with E-state index in [4.69, 9.17) is 0 Å². The third kappa shape index (κ3) is 2.64. The molecule has 1 nitrogen and oxygen atoms in total. The molecule has 2 heteroatoms. The number of carbonyl (C=O) groups is 1. The van der Waals surface area contributed by atoms with Crippen LogP contribution in [-0.2, 0) is 12.8 Å². The van der Waals surface area contributed by atoms with E-state index in [9.17, 15) is 4.79 Å². The van der Waals surface area contributed by atoms with Crippen LogP contribution in [-0.4, -0.2) is 5.78 Å². The standard InChI is InChI=1S/C17H15BrO/c18-16-7-3-6-14(11-16)17(19)15-9-8-12-4-1-2-5-13(12)10-15/h1-7,11,15H,8-10H2. The van der Waals surface area contributed by atoms with Crippen LogP contribution in [0.3, 0.4) is 0 Å². The van der Waals surface area contributed by atoms with Crippen molar-refractivity contribution in [1.82, 2.24) is 0 Å². The Hall–Kier alpha value is -1.41. The minimum atomic E-state index is 0.129. The van der Waals surface area contributed by atoms with E-state index in [0.717, 1.165) is 29.3 Å². The predicted octanol–water partition coefficient (Wildman–Crippen LogP) is 4.44. The molecular weight excluding hydrogens is 300 g/mol.